The summed E-state index contributed by atoms with van der Waals surface area (Å²) < 4.78 is 32.3. The third-order valence-electron chi connectivity index (χ3n) is 4.12. The van der Waals surface area contributed by atoms with E-state index in [1.165, 1.54) is 23.5 Å². The zero-order valence-electron chi connectivity index (χ0n) is 12.8. The van der Waals surface area contributed by atoms with Gasteiger partial charge in [0.05, 0.1) is 11.6 Å². The minimum atomic E-state index is -3.74. The monoisotopic (exact) mass is 373 g/mol. The maximum Gasteiger partial charge on any atom is 0.244 e. The number of halogens is 2. The molecule has 0 saturated heterocycles. The van der Waals surface area contributed by atoms with E-state index < -0.39 is 10.0 Å². The van der Waals surface area contributed by atoms with Crippen LogP contribution in [0.2, 0.25) is 10.0 Å². The molecule has 3 rings (SSSR count). The largest absolute Gasteiger partial charge is 0.464 e. The topological polar surface area (TPSA) is 50.5 Å². The van der Waals surface area contributed by atoms with Crippen LogP contribution in [0.25, 0.3) is 0 Å². The Labute approximate surface area is 146 Å². The van der Waals surface area contributed by atoms with Gasteiger partial charge in [0.2, 0.25) is 10.0 Å². The second-order valence-corrected chi connectivity index (χ2v) is 8.82. The summed E-state index contributed by atoms with van der Waals surface area (Å²) in [5.41, 5.74) is 0. The predicted octanol–water partition coefficient (Wildman–Crippen LogP) is 4.53. The predicted molar refractivity (Wildman–Crippen MR) is 90.3 cm³/mol. The van der Waals surface area contributed by atoms with Crippen molar-refractivity contribution in [2.24, 2.45) is 5.92 Å². The first-order valence-corrected chi connectivity index (χ1v) is 9.48. The van der Waals surface area contributed by atoms with Gasteiger partial charge in [0, 0.05) is 18.0 Å². The first-order valence-electron chi connectivity index (χ1n) is 7.29. The zero-order chi connectivity index (χ0) is 16.8. The fourth-order valence-electron chi connectivity index (χ4n) is 2.54. The minimum absolute atomic E-state index is 0.00300. The highest BCUT2D eigenvalue weighted by molar-refractivity contribution is 7.89. The van der Waals surface area contributed by atoms with Crippen molar-refractivity contribution in [1.29, 1.82) is 0 Å². The van der Waals surface area contributed by atoms with Crippen molar-refractivity contribution in [2.45, 2.75) is 30.7 Å². The van der Waals surface area contributed by atoms with Gasteiger partial charge in [-0.3, -0.25) is 0 Å². The maximum absolute atomic E-state index is 12.7. The van der Waals surface area contributed by atoms with Crippen molar-refractivity contribution in [3.8, 4) is 0 Å². The van der Waals surface area contributed by atoms with E-state index in [-0.39, 0.29) is 16.5 Å². The van der Waals surface area contributed by atoms with Gasteiger partial charge in [-0.15, -0.1) is 0 Å². The van der Waals surface area contributed by atoms with Gasteiger partial charge in [0.1, 0.15) is 16.4 Å². The number of rotatable bonds is 5. The van der Waals surface area contributed by atoms with Crippen LogP contribution in [0.1, 0.15) is 30.8 Å². The van der Waals surface area contributed by atoms with Crippen LogP contribution >= 0.6 is 23.2 Å². The first-order chi connectivity index (χ1) is 10.8. The fraction of sp³-hybridized carbons (Fsp3) is 0.375. The molecule has 124 valence electrons. The molecule has 0 radical (unpaired) electrons. The van der Waals surface area contributed by atoms with Crippen molar-refractivity contribution < 1.29 is 12.8 Å². The molecule has 1 fully saturated rings. The first kappa shape index (κ1) is 16.8. The van der Waals surface area contributed by atoms with Crippen LogP contribution in [0.3, 0.4) is 0 Å². The Kier molecular flexibility index (Phi) is 4.49. The third kappa shape index (κ3) is 3.43. The summed E-state index contributed by atoms with van der Waals surface area (Å²) in [5, 5.41) is 0.470. The van der Waals surface area contributed by atoms with Crippen LogP contribution in [0.15, 0.2) is 39.6 Å². The number of benzene rings is 1. The standard InChI is InChI=1S/C16H17Cl2NO3S/c1-10-7-13(10)15-6-4-12(22-15)9-19(2)23(20,21)16-8-11(17)3-5-14(16)18/h3-6,8,10,13H,7,9H2,1-2H3/t10-,13+/m1/s1. The summed E-state index contributed by atoms with van der Waals surface area (Å²) in [6, 6.07) is 8.14. The van der Waals surface area contributed by atoms with Crippen molar-refractivity contribution in [1.82, 2.24) is 4.31 Å². The Morgan fingerprint density at radius 1 is 1.26 bits per heavy atom. The van der Waals surface area contributed by atoms with E-state index in [2.05, 4.69) is 6.92 Å². The van der Waals surface area contributed by atoms with E-state index >= 15 is 0 Å². The molecule has 1 heterocycles. The van der Waals surface area contributed by atoms with Gasteiger partial charge in [0.25, 0.3) is 0 Å². The molecule has 2 atom stereocenters. The van der Waals surface area contributed by atoms with Gasteiger partial charge in [-0.1, -0.05) is 30.1 Å². The van der Waals surface area contributed by atoms with Gasteiger partial charge >= 0.3 is 0 Å². The molecule has 23 heavy (non-hydrogen) atoms. The molecular formula is C16H17Cl2NO3S. The van der Waals surface area contributed by atoms with Crippen LogP contribution in [0.5, 0.6) is 0 Å². The molecule has 1 aliphatic rings. The Morgan fingerprint density at radius 3 is 2.61 bits per heavy atom. The van der Waals surface area contributed by atoms with Gasteiger partial charge in [-0.25, -0.2) is 8.42 Å². The molecule has 1 saturated carbocycles. The van der Waals surface area contributed by atoms with Gasteiger partial charge in [0.15, 0.2) is 0 Å². The van der Waals surface area contributed by atoms with E-state index in [1.54, 1.807) is 6.07 Å². The van der Waals surface area contributed by atoms with E-state index in [0.717, 1.165) is 12.2 Å². The summed E-state index contributed by atoms with van der Waals surface area (Å²) in [6.07, 6.45) is 1.12. The number of nitrogens with zero attached hydrogens (tertiary/aromatic N) is 1. The van der Waals surface area contributed by atoms with Crippen LogP contribution in [0.4, 0.5) is 0 Å². The number of hydrogen-bond donors (Lipinski definition) is 0. The second-order valence-electron chi connectivity index (χ2n) is 5.96. The Bertz CT molecular complexity index is 832. The SMILES string of the molecule is C[C@@H]1C[C@@H]1c1ccc(CN(C)S(=O)(=O)c2cc(Cl)ccc2Cl)o1. The second kappa shape index (κ2) is 6.13. The number of hydrogen-bond acceptors (Lipinski definition) is 3. The molecular weight excluding hydrogens is 357 g/mol. The average molecular weight is 374 g/mol. The van der Waals surface area contributed by atoms with Gasteiger partial charge < -0.3 is 4.42 Å². The van der Waals surface area contributed by atoms with Crippen molar-refractivity contribution in [3.05, 3.63) is 51.9 Å². The molecule has 0 aliphatic heterocycles. The minimum Gasteiger partial charge on any atom is -0.464 e. The van der Waals surface area contributed by atoms with Crippen molar-refractivity contribution in [3.63, 3.8) is 0 Å². The van der Waals surface area contributed by atoms with E-state index in [4.69, 9.17) is 27.6 Å². The summed E-state index contributed by atoms with van der Waals surface area (Å²) in [5.74, 6) is 2.65. The lowest BCUT2D eigenvalue weighted by Gasteiger charge is -2.17. The maximum atomic E-state index is 12.7. The van der Waals surface area contributed by atoms with E-state index in [1.807, 2.05) is 12.1 Å². The highest BCUT2D eigenvalue weighted by Gasteiger charge is 2.36. The molecule has 1 aliphatic carbocycles. The lowest BCUT2D eigenvalue weighted by atomic mass is 10.3. The molecule has 2 aromatic rings. The quantitative estimate of drug-likeness (QED) is 0.773. The fourth-order valence-corrected chi connectivity index (χ4v) is 4.41. The van der Waals surface area contributed by atoms with Crippen molar-refractivity contribution in [2.75, 3.05) is 7.05 Å². The summed E-state index contributed by atoms with van der Waals surface area (Å²) >= 11 is 11.9. The van der Waals surface area contributed by atoms with E-state index in [9.17, 15) is 8.42 Å². The van der Waals surface area contributed by atoms with Gasteiger partial charge in [-0.2, -0.15) is 4.31 Å². The highest BCUT2D eigenvalue weighted by Crippen LogP contribution is 2.47. The van der Waals surface area contributed by atoms with Crippen LogP contribution < -0.4 is 0 Å². The Hall–Kier alpha value is -1.01. The Morgan fingerprint density at radius 2 is 1.96 bits per heavy atom. The van der Waals surface area contributed by atoms with E-state index in [0.29, 0.717) is 22.6 Å². The smallest absolute Gasteiger partial charge is 0.244 e. The highest BCUT2D eigenvalue weighted by atomic mass is 35.5. The lowest BCUT2D eigenvalue weighted by molar-refractivity contribution is 0.390. The van der Waals surface area contributed by atoms with Crippen molar-refractivity contribution >= 4 is 33.2 Å². The molecule has 1 aromatic heterocycles. The molecule has 1 aromatic carbocycles. The van der Waals surface area contributed by atoms with Crippen LogP contribution in [-0.4, -0.2) is 19.8 Å². The zero-order valence-corrected chi connectivity index (χ0v) is 15.1. The van der Waals surface area contributed by atoms with Gasteiger partial charge in [-0.05, 0) is 42.7 Å². The molecule has 4 nitrogen and oxygen atoms in total. The summed E-state index contributed by atoms with van der Waals surface area (Å²) in [6.45, 7) is 2.32. The molecule has 0 N–H and O–H groups in total. The molecule has 0 bridgehead atoms. The molecule has 0 spiro atoms. The molecule has 0 unspecified atom stereocenters. The molecule has 0 amide bonds. The summed E-state index contributed by atoms with van der Waals surface area (Å²) in [4.78, 5) is -0.00300. The Balaban J connectivity index is 1.80. The van der Waals surface area contributed by atoms with Crippen LogP contribution in [0, 0.1) is 5.92 Å². The lowest BCUT2D eigenvalue weighted by Crippen LogP contribution is -2.26. The number of sulfonamides is 1. The molecule has 7 heteroatoms. The average Bonchev–Trinajstić information content (AvgIpc) is 3.04. The number of furan rings is 1. The normalized spacial score (nSPS) is 20.9. The summed E-state index contributed by atoms with van der Waals surface area (Å²) in [7, 11) is -2.24. The van der Waals surface area contributed by atoms with Crippen LogP contribution in [-0.2, 0) is 16.6 Å². The third-order valence-corrected chi connectivity index (χ3v) is 6.64.